The highest BCUT2D eigenvalue weighted by atomic mass is 17.3. The van der Waals surface area contributed by atoms with Crippen LogP contribution in [0.3, 0.4) is 0 Å². The molecule has 2 aromatic rings. The van der Waals surface area contributed by atoms with Crippen molar-refractivity contribution in [3.63, 3.8) is 0 Å². The molecule has 25 heavy (non-hydrogen) atoms. The highest BCUT2D eigenvalue weighted by molar-refractivity contribution is 5.29. The molecule has 2 saturated heterocycles. The summed E-state index contributed by atoms with van der Waals surface area (Å²) in [6.07, 6.45) is 0. The molecule has 0 spiro atoms. The van der Waals surface area contributed by atoms with Crippen molar-refractivity contribution in [2.75, 3.05) is 0 Å². The fourth-order valence-electron chi connectivity index (χ4n) is 3.27. The Morgan fingerprint density at radius 1 is 0.560 bits per heavy atom. The maximum atomic E-state index is 6.61. The Hall–Kier alpha value is -1.76. The third-order valence-electron chi connectivity index (χ3n) is 4.92. The third-order valence-corrected chi connectivity index (χ3v) is 4.92. The Morgan fingerprint density at radius 2 is 0.920 bits per heavy atom. The Kier molecular flexibility index (Phi) is 3.58. The van der Waals surface area contributed by atoms with Gasteiger partial charge in [-0.3, -0.25) is 4.74 Å². The lowest BCUT2D eigenvalue weighted by Gasteiger charge is -2.60. The molecule has 2 fully saturated rings. The molecule has 2 aliphatic heterocycles. The normalized spacial score (nSPS) is 32.5. The maximum absolute atomic E-state index is 6.61. The molecule has 0 bridgehead atoms. The summed E-state index contributed by atoms with van der Waals surface area (Å²) in [6.45, 7) is 7.70. The first kappa shape index (κ1) is 16.7. The largest absolute Gasteiger partial charge is 0.299 e. The topological polar surface area (TPSA) is 46.2 Å². The molecule has 0 aliphatic carbocycles. The highest BCUT2D eigenvalue weighted by Gasteiger charge is 2.71. The molecular formula is C20H22O5. The van der Waals surface area contributed by atoms with Crippen LogP contribution in [0.5, 0.6) is 0 Å². The van der Waals surface area contributed by atoms with Crippen LogP contribution in [0, 0.1) is 0 Å². The Morgan fingerprint density at radius 3 is 1.16 bits per heavy atom. The smallest absolute Gasteiger partial charge is 0.262 e. The van der Waals surface area contributed by atoms with Gasteiger partial charge in [-0.25, -0.2) is 9.78 Å². The molecule has 2 atom stereocenters. The standard InChI is InChI=1S/C20H22O5/c1-17(2)19(24-22-17,15-11-7-5-8-12-15)21-20(18(3,4)23-25-20)16-13-9-6-10-14-16/h5-14H,1-4H3. The van der Waals surface area contributed by atoms with Crippen LogP contribution < -0.4 is 0 Å². The number of ether oxygens (including phenoxy) is 1. The van der Waals surface area contributed by atoms with Crippen molar-refractivity contribution in [2.45, 2.75) is 50.5 Å². The van der Waals surface area contributed by atoms with Crippen LogP contribution in [0.15, 0.2) is 60.7 Å². The number of rotatable bonds is 4. The summed E-state index contributed by atoms with van der Waals surface area (Å²) < 4.78 is 6.61. The van der Waals surface area contributed by atoms with E-state index >= 15 is 0 Å². The van der Waals surface area contributed by atoms with Gasteiger partial charge in [-0.1, -0.05) is 60.7 Å². The second kappa shape index (κ2) is 5.37. The summed E-state index contributed by atoms with van der Waals surface area (Å²) in [7, 11) is 0. The third kappa shape index (κ3) is 2.21. The number of hydrogen-bond acceptors (Lipinski definition) is 5. The second-order valence-electron chi connectivity index (χ2n) is 7.42. The molecule has 2 unspecified atom stereocenters. The minimum absolute atomic E-state index is 0.703. The van der Waals surface area contributed by atoms with Crippen LogP contribution in [-0.4, -0.2) is 11.2 Å². The van der Waals surface area contributed by atoms with Crippen LogP contribution in [0.2, 0.25) is 0 Å². The van der Waals surface area contributed by atoms with Crippen molar-refractivity contribution in [2.24, 2.45) is 0 Å². The van der Waals surface area contributed by atoms with Crippen molar-refractivity contribution in [3.8, 4) is 0 Å². The van der Waals surface area contributed by atoms with Gasteiger partial charge in [0, 0.05) is 11.1 Å². The number of benzene rings is 2. The van der Waals surface area contributed by atoms with Crippen LogP contribution in [0.1, 0.15) is 38.8 Å². The average Bonchev–Trinajstić information content (AvgIpc) is 2.62. The summed E-state index contributed by atoms with van der Waals surface area (Å²) in [5, 5.41) is 0. The molecule has 0 amide bonds. The summed E-state index contributed by atoms with van der Waals surface area (Å²) >= 11 is 0. The second-order valence-corrected chi connectivity index (χ2v) is 7.42. The van der Waals surface area contributed by atoms with Crippen LogP contribution >= 0.6 is 0 Å². The zero-order chi connectivity index (χ0) is 17.8. The predicted octanol–water partition coefficient (Wildman–Crippen LogP) is 4.19. The van der Waals surface area contributed by atoms with Gasteiger partial charge in [0.1, 0.15) is 0 Å². The summed E-state index contributed by atoms with van der Waals surface area (Å²) in [5.41, 5.74) is 0.303. The molecule has 2 aliphatic rings. The molecule has 132 valence electrons. The average molecular weight is 342 g/mol. The minimum atomic E-state index is -1.12. The number of hydrogen-bond donors (Lipinski definition) is 0. The van der Waals surface area contributed by atoms with Crippen molar-refractivity contribution in [1.82, 2.24) is 0 Å². The van der Waals surface area contributed by atoms with Gasteiger partial charge in [0.2, 0.25) is 0 Å². The highest BCUT2D eigenvalue weighted by Crippen LogP contribution is 2.58. The van der Waals surface area contributed by atoms with E-state index in [1.807, 2.05) is 88.4 Å². The van der Waals surface area contributed by atoms with Gasteiger partial charge in [0.25, 0.3) is 11.6 Å². The fraction of sp³-hybridized carbons (Fsp3) is 0.400. The van der Waals surface area contributed by atoms with Gasteiger partial charge in [0.05, 0.1) is 0 Å². The van der Waals surface area contributed by atoms with Crippen LogP contribution in [-0.2, 0) is 35.9 Å². The van der Waals surface area contributed by atoms with Gasteiger partial charge >= 0.3 is 0 Å². The summed E-state index contributed by atoms with van der Waals surface area (Å²) in [6, 6.07) is 19.5. The monoisotopic (exact) mass is 342 g/mol. The molecular weight excluding hydrogens is 320 g/mol. The lowest BCUT2D eigenvalue weighted by molar-refractivity contribution is -0.696. The van der Waals surface area contributed by atoms with E-state index in [1.54, 1.807) is 0 Å². The van der Waals surface area contributed by atoms with E-state index in [4.69, 9.17) is 24.3 Å². The Labute approximate surface area is 147 Å². The summed E-state index contributed by atoms with van der Waals surface area (Å²) in [4.78, 5) is 22.0. The van der Waals surface area contributed by atoms with Gasteiger partial charge in [-0.15, -0.1) is 0 Å². The first-order valence-corrected chi connectivity index (χ1v) is 8.38. The van der Waals surface area contributed by atoms with E-state index < -0.39 is 22.8 Å². The lowest BCUT2D eigenvalue weighted by Crippen LogP contribution is -2.71. The molecule has 0 saturated carbocycles. The van der Waals surface area contributed by atoms with Crippen LogP contribution in [0.25, 0.3) is 0 Å². The van der Waals surface area contributed by atoms with E-state index in [2.05, 4.69) is 0 Å². The minimum Gasteiger partial charge on any atom is -0.299 e. The fourth-order valence-corrected chi connectivity index (χ4v) is 3.27. The molecule has 5 heteroatoms. The zero-order valence-electron chi connectivity index (χ0n) is 14.8. The lowest BCUT2D eigenvalue weighted by atomic mass is 9.84. The SMILES string of the molecule is CC1(C)OOC1(OC1(c2ccccc2)OOC1(C)C)c1ccccc1. The van der Waals surface area contributed by atoms with Crippen molar-refractivity contribution >= 4 is 0 Å². The van der Waals surface area contributed by atoms with Gasteiger partial charge < -0.3 is 0 Å². The first-order valence-electron chi connectivity index (χ1n) is 8.38. The molecule has 5 nitrogen and oxygen atoms in total. The first-order chi connectivity index (χ1) is 11.8. The van der Waals surface area contributed by atoms with Crippen molar-refractivity contribution in [3.05, 3.63) is 71.8 Å². The van der Waals surface area contributed by atoms with E-state index in [0.29, 0.717) is 0 Å². The van der Waals surface area contributed by atoms with E-state index in [-0.39, 0.29) is 0 Å². The zero-order valence-corrected chi connectivity index (χ0v) is 14.8. The van der Waals surface area contributed by atoms with E-state index in [9.17, 15) is 0 Å². The van der Waals surface area contributed by atoms with Crippen molar-refractivity contribution < 1.29 is 24.3 Å². The maximum Gasteiger partial charge on any atom is 0.262 e. The molecule has 0 N–H and O–H groups in total. The van der Waals surface area contributed by atoms with Gasteiger partial charge in [-0.05, 0) is 27.7 Å². The molecule has 0 radical (unpaired) electrons. The van der Waals surface area contributed by atoms with E-state index in [1.165, 1.54) is 0 Å². The van der Waals surface area contributed by atoms with Gasteiger partial charge in [-0.2, -0.15) is 9.78 Å². The Bertz CT molecular complexity index is 693. The molecule has 0 aromatic heterocycles. The predicted molar refractivity (Wildman–Crippen MR) is 89.8 cm³/mol. The Balaban J connectivity index is 1.82. The van der Waals surface area contributed by atoms with Gasteiger partial charge in [0.15, 0.2) is 11.2 Å². The summed E-state index contributed by atoms with van der Waals surface area (Å²) in [5.74, 6) is -2.24. The van der Waals surface area contributed by atoms with E-state index in [0.717, 1.165) is 11.1 Å². The molecule has 2 aromatic carbocycles. The molecule has 4 rings (SSSR count). The quantitative estimate of drug-likeness (QED) is 0.780. The van der Waals surface area contributed by atoms with Crippen molar-refractivity contribution in [1.29, 1.82) is 0 Å². The van der Waals surface area contributed by atoms with Crippen LogP contribution in [0.4, 0.5) is 0 Å². The molecule has 2 heterocycles.